The fourth-order valence-corrected chi connectivity index (χ4v) is 5.69. The first-order valence-electron chi connectivity index (χ1n) is 11.3. The molecule has 1 N–H and O–H groups in total. The lowest BCUT2D eigenvalue weighted by Crippen LogP contribution is -2.50. The predicted octanol–water partition coefficient (Wildman–Crippen LogP) is 4.15. The van der Waals surface area contributed by atoms with Crippen molar-refractivity contribution < 1.29 is 13.2 Å². The van der Waals surface area contributed by atoms with Crippen molar-refractivity contribution in [3.8, 4) is 0 Å². The van der Waals surface area contributed by atoms with E-state index in [9.17, 15) is 13.2 Å². The highest BCUT2D eigenvalue weighted by Crippen LogP contribution is 2.24. The van der Waals surface area contributed by atoms with Crippen LogP contribution in [0.15, 0.2) is 59.6 Å². The molecule has 0 aliphatic carbocycles. The number of H-pyrrole nitrogens is 1. The third-order valence-corrected chi connectivity index (χ3v) is 8.49. The van der Waals surface area contributed by atoms with Crippen LogP contribution in [0.2, 0.25) is 0 Å². The third-order valence-electron chi connectivity index (χ3n) is 6.57. The van der Waals surface area contributed by atoms with Crippen molar-refractivity contribution in [1.29, 1.82) is 0 Å². The zero-order valence-corrected chi connectivity index (χ0v) is 19.6. The largest absolute Gasteiger partial charge is 0.361 e. The lowest BCUT2D eigenvalue weighted by atomic mass is 9.99. The van der Waals surface area contributed by atoms with E-state index in [0.717, 1.165) is 28.5 Å². The van der Waals surface area contributed by atoms with E-state index >= 15 is 0 Å². The third kappa shape index (κ3) is 4.59. The highest BCUT2D eigenvalue weighted by atomic mass is 32.2. The number of fused-ring (bicyclic) bond motifs is 1. The van der Waals surface area contributed by atoms with Crippen LogP contribution in [0, 0.1) is 0 Å². The standard InChI is InChI=1S/C25H31N3O3S/c1-3-19(2)20-8-11-22(12-9-20)32(30,31)28-16-14-27(15-17-28)25(29)13-10-21-18-26-24-7-5-4-6-23(21)24/h4-9,11-12,18-19,26H,3,10,13-17H2,1-2H3. The molecule has 4 rings (SSSR count). The van der Waals surface area contributed by atoms with Crippen LogP contribution in [0.4, 0.5) is 0 Å². The Hall–Kier alpha value is -2.64. The Morgan fingerprint density at radius 3 is 2.41 bits per heavy atom. The molecule has 0 saturated carbocycles. The highest BCUT2D eigenvalue weighted by Gasteiger charge is 2.30. The Labute approximate surface area is 190 Å². The van der Waals surface area contributed by atoms with E-state index < -0.39 is 10.0 Å². The van der Waals surface area contributed by atoms with Gasteiger partial charge in [-0.15, -0.1) is 0 Å². The minimum Gasteiger partial charge on any atom is -0.361 e. The SMILES string of the molecule is CCC(C)c1ccc(S(=O)(=O)N2CCN(C(=O)CCc3c[nH]c4ccccc34)CC2)cc1. The number of nitrogens with zero attached hydrogens (tertiary/aromatic N) is 2. The van der Waals surface area contributed by atoms with Crippen molar-refractivity contribution >= 4 is 26.8 Å². The maximum absolute atomic E-state index is 13.0. The molecule has 0 spiro atoms. The Balaban J connectivity index is 1.33. The lowest BCUT2D eigenvalue weighted by molar-refractivity contribution is -0.132. The number of benzene rings is 2. The number of carbonyl (C=O) groups excluding carboxylic acids is 1. The molecule has 1 aliphatic rings. The topological polar surface area (TPSA) is 73.5 Å². The molecule has 2 heterocycles. The molecular weight excluding hydrogens is 422 g/mol. The number of amides is 1. The Kier molecular flexibility index (Phi) is 6.67. The van der Waals surface area contributed by atoms with Gasteiger partial charge in [0.2, 0.25) is 15.9 Å². The maximum Gasteiger partial charge on any atom is 0.243 e. The van der Waals surface area contributed by atoms with E-state index in [0.29, 0.717) is 49.8 Å². The summed E-state index contributed by atoms with van der Waals surface area (Å²) in [6, 6.07) is 15.3. The van der Waals surface area contributed by atoms with E-state index in [-0.39, 0.29) is 5.91 Å². The minimum atomic E-state index is -3.54. The second-order valence-electron chi connectivity index (χ2n) is 8.52. The van der Waals surface area contributed by atoms with E-state index in [1.165, 1.54) is 4.31 Å². The molecule has 2 aromatic carbocycles. The van der Waals surface area contributed by atoms with E-state index in [1.54, 1.807) is 17.0 Å². The van der Waals surface area contributed by atoms with Crippen molar-refractivity contribution in [2.75, 3.05) is 26.2 Å². The second kappa shape index (κ2) is 9.46. The molecule has 32 heavy (non-hydrogen) atoms. The van der Waals surface area contributed by atoms with E-state index in [2.05, 4.69) is 24.9 Å². The summed E-state index contributed by atoms with van der Waals surface area (Å²) in [6.07, 6.45) is 4.08. The quantitative estimate of drug-likeness (QED) is 0.584. The molecule has 7 heteroatoms. The molecule has 1 fully saturated rings. The average Bonchev–Trinajstić information content (AvgIpc) is 3.25. The lowest BCUT2D eigenvalue weighted by Gasteiger charge is -2.34. The summed E-state index contributed by atoms with van der Waals surface area (Å²) < 4.78 is 27.6. The van der Waals surface area contributed by atoms with Gasteiger partial charge in [-0.1, -0.05) is 44.2 Å². The molecule has 6 nitrogen and oxygen atoms in total. The summed E-state index contributed by atoms with van der Waals surface area (Å²) in [5, 5.41) is 1.15. The van der Waals surface area contributed by atoms with Crippen LogP contribution in [0.3, 0.4) is 0 Å². The van der Waals surface area contributed by atoms with Crippen molar-refractivity contribution in [2.45, 2.75) is 43.9 Å². The number of aromatic amines is 1. The van der Waals surface area contributed by atoms with Crippen LogP contribution < -0.4 is 0 Å². The normalized spacial score (nSPS) is 16.4. The van der Waals surface area contributed by atoms with Gasteiger partial charge in [-0.2, -0.15) is 4.31 Å². The van der Waals surface area contributed by atoms with Gasteiger partial charge in [0.25, 0.3) is 0 Å². The van der Waals surface area contributed by atoms with Gasteiger partial charge in [0, 0.05) is 49.7 Å². The van der Waals surface area contributed by atoms with Crippen LogP contribution in [-0.4, -0.2) is 54.7 Å². The van der Waals surface area contributed by atoms with Gasteiger partial charge >= 0.3 is 0 Å². The molecule has 3 aromatic rings. The maximum atomic E-state index is 13.0. The molecule has 1 amide bonds. The average molecular weight is 454 g/mol. The summed E-state index contributed by atoms with van der Waals surface area (Å²) in [7, 11) is -3.54. The molecule has 170 valence electrons. The summed E-state index contributed by atoms with van der Waals surface area (Å²) >= 11 is 0. The zero-order valence-electron chi connectivity index (χ0n) is 18.8. The monoisotopic (exact) mass is 453 g/mol. The Morgan fingerprint density at radius 2 is 1.72 bits per heavy atom. The smallest absolute Gasteiger partial charge is 0.243 e. The van der Waals surface area contributed by atoms with Gasteiger partial charge < -0.3 is 9.88 Å². The van der Waals surface area contributed by atoms with Crippen LogP contribution in [-0.2, 0) is 21.2 Å². The fraction of sp³-hybridized carbons (Fsp3) is 0.400. The zero-order chi connectivity index (χ0) is 22.7. The van der Waals surface area contributed by atoms with Gasteiger partial charge in [0.15, 0.2) is 0 Å². The molecule has 1 atom stereocenters. The summed E-state index contributed by atoms with van der Waals surface area (Å²) in [5.74, 6) is 0.482. The van der Waals surface area contributed by atoms with Gasteiger partial charge in [-0.25, -0.2) is 8.42 Å². The van der Waals surface area contributed by atoms with Crippen LogP contribution in [0.5, 0.6) is 0 Å². The van der Waals surface area contributed by atoms with Crippen molar-refractivity contribution in [1.82, 2.24) is 14.2 Å². The summed E-state index contributed by atoms with van der Waals surface area (Å²) in [5.41, 5.74) is 3.36. The molecular formula is C25H31N3O3S. The Bertz CT molecular complexity index is 1180. The molecule has 1 unspecified atom stereocenters. The van der Waals surface area contributed by atoms with Crippen LogP contribution in [0.1, 0.15) is 43.7 Å². The van der Waals surface area contributed by atoms with Gasteiger partial charge in [-0.05, 0) is 48.1 Å². The second-order valence-corrected chi connectivity index (χ2v) is 10.5. The van der Waals surface area contributed by atoms with Crippen molar-refractivity contribution in [2.24, 2.45) is 0 Å². The number of hydrogen-bond acceptors (Lipinski definition) is 3. The van der Waals surface area contributed by atoms with Crippen LogP contribution >= 0.6 is 0 Å². The fourth-order valence-electron chi connectivity index (χ4n) is 4.27. The van der Waals surface area contributed by atoms with Crippen LogP contribution in [0.25, 0.3) is 10.9 Å². The highest BCUT2D eigenvalue weighted by molar-refractivity contribution is 7.89. The van der Waals surface area contributed by atoms with E-state index in [1.807, 2.05) is 36.5 Å². The van der Waals surface area contributed by atoms with Crippen molar-refractivity contribution in [3.63, 3.8) is 0 Å². The number of aromatic nitrogens is 1. The molecule has 1 aliphatic heterocycles. The molecule has 0 bridgehead atoms. The number of carbonyl (C=O) groups is 1. The predicted molar refractivity (Wildman–Crippen MR) is 127 cm³/mol. The number of para-hydroxylation sites is 1. The number of sulfonamides is 1. The number of piperazine rings is 1. The number of hydrogen-bond donors (Lipinski definition) is 1. The van der Waals surface area contributed by atoms with Crippen molar-refractivity contribution in [3.05, 3.63) is 65.9 Å². The summed E-state index contributed by atoms with van der Waals surface area (Å²) in [6.45, 7) is 5.77. The first kappa shape index (κ1) is 22.6. The number of aryl methyl sites for hydroxylation is 1. The molecule has 0 radical (unpaired) electrons. The first-order valence-corrected chi connectivity index (χ1v) is 12.8. The molecule has 1 aromatic heterocycles. The van der Waals surface area contributed by atoms with Gasteiger partial charge in [-0.3, -0.25) is 4.79 Å². The van der Waals surface area contributed by atoms with E-state index in [4.69, 9.17) is 0 Å². The minimum absolute atomic E-state index is 0.0743. The van der Waals surface area contributed by atoms with Gasteiger partial charge in [0.05, 0.1) is 4.90 Å². The molecule has 1 saturated heterocycles. The first-order chi connectivity index (χ1) is 15.4. The number of rotatable bonds is 7. The number of nitrogens with one attached hydrogen (secondary N) is 1. The summed E-state index contributed by atoms with van der Waals surface area (Å²) in [4.78, 5) is 18.1. The Morgan fingerprint density at radius 1 is 1.03 bits per heavy atom. The van der Waals surface area contributed by atoms with Gasteiger partial charge in [0.1, 0.15) is 0 Å².